The second-order valence-electron chi connectivity index (χ2n) is 9.17. The zero-order valence-electron chi connectivity index (χ0n) is 19.8. The van der Waals surface area contributed by atoms with Crippen molar-refractivity contribution in [3.05, 3.63) is 69.5 Å². The molecule has 0 unspecified atom stereocenters. The van der Waals surface area contributed by atoms with E-state index < -0.39 is 4.92 Å². The average molecular weight is 453 g/mol. The summed E-state index contributed by atoms with van der Waals surface area (Å²) in [6.45, 7) is 9.87. The summed E-state index contributed by atoms with van der Waals surface area (Å²) in [6, 6.07) is 11.4. The number of nitrogens with one attached hydrogen (secondary N) is 1. The van der Waals surface area contributed by atoms with Gasteiger partial charge in [0.15, 0.2) is 5.78 Å². The van der Waals surface area contributed by atoms with Gasteiger partial charge in [0.25, 0.3) is 5.69 Å². The van der Waals surface area contributed by atoms with Gasteiger partial charge in [0.1, 0.15) is 17.1 Å². The van der Waals surface area contributed by atoms with E-state index in [0.717, 1.165) is 25.8 Å². The van der Waals surface area contributed by atoms with Gasteiger partial charge in [0.2, 0.25) is 0 Å². The largest absolute Gasteiger partial charge is 0.494 e. The highest BCUT2D eigenvalue weighted by Gasteiger charge is 2.23. The van der Waals surface area contributed by atoms with Crippen molar-refractivity contribution in [2.24, 2.45) is 0 Å². The zero-order chi connectivity index (χ0) is 24.0. The molecule has 7 heteroatoms. The summed E-state index contributed by atoms with van der Waals surface area (Å²) in [4.78, 5) is 24.2. The molecular formula is C26H32N2O5. The first-order valence-electron chi connectivity index (χ1n) is 11.4. The smallest absolute Gasteiger partial charge is 0.270 e. The molecule has 0 atom stereocenters. The van der Waals surface area contributed by atoms with Crippen molar-refractivity contribution in [1.29, 1.82) is 0 Å². The minimum atomic E-state index is -0.463. The number of nitro groups is 1. The predicted octanol–water partition coefficient (Wildman–Crippen LogP) is 6.07. The van der Waals surface area contributed by atoms with Crippen LogP contribution in [-0.4, -0.2) is 29.4 Å². The Hall–Kier alpha value is -3.19. The highest BCUT2D eigenvalue weighted by atomic mass is 16.6. The molecule has 0 amide bonds. The summed E-state index contributed by atoms with van der Waals surface area (Å²) in [5.74, 6) is 1.06. The molecule has 0 aliphatic rings. The van der Waals surface area contributed by atoms with Crippen LogP contribution in [0.1, 0.15) is 68.6 Å². The Labute approximate surface area is 194 Å². The van der Waals surface area contributed by atoms with E-state index in [9.17, 15) is 14.9 Å². The van der Waals surface area contributed by atoms with Crippen LogP contribution in [0.5, 0.6) is 5.75 Å². The molecule has 0 aliphatic heterocycles. The van der Waals surface area contributed by atoms with Crippen molar-refractivity contribution < 1.29 is 18.9 Å². The molecule has 1 aromatic heterocycles. The van der Waals surface area contributed by atoms with Crippen molar-refractivity contribution in [1.82, 2.24) is 5.32 Å². The number of fused-ring (bicyclic) bond motifs is 1. The van der Waals surface area contributed by atoms with Gasteiger partial charge in [-0.05, 0) is 70.5 Å². The van der Waals surface area contributed by atoms with Crippen LogP contribution in [-0.2, 0) is 6.42 Å². The van der Waals surface area contributed by atoms with Crippen LogP contribution >= 0.6 is 0 Å². The number of unbranched alkanes of at least 4 members (excludes halogenated alkanes) is 1. The van der Waals surface area contributed by atoms with Crippen LogP contribution in [0.25, 0.3) is 11.0 Å². The predicted molar refractivity (Wildman–Crippen MR) is 129 cm³/mol. The third kappa shape index (κ3) is 6.42. The number of aryl methyl sites for hydroxylation is 1. The number of ether oxygens (including phenoxy) is 1. The van der Waals surface area contributed by atoms with E-state index >= 15 is 0 Å². The molecule has 1 heterocycles. The molecule has 3 rings (SSSR count). The molecule has 7 nitrogen and oxygen atoms in total. The molecule has 0 saturated heterocycles. The Kier molecular flexibility index (Phi) is 7.87. The zero-order valence-corrected chi connectivity index (χ0v) is 19.8. The third-order valence-electron chi connectivity index (χ3n) is 5.30. The summed E-state index contributed by atoms with van der Waals surface area (Å²) < 4.78 is 11.7. The number of ketones is 1. The molecule has 3 aromatic rings. The van der Waals surface area contributed by atoms with Crippen molar-refractivity contribution in [3.63, 3.8) is 0 Å². The van der Waals surface area contributed by atoms with Gasteiger partial charge in [-0.25, -0.2) is 0 Å². The fraction of sp³-hybridized carbons (Fsp3) is 0.423. The second-order valence-corrected chi connectivity index (χ2v) is 9.17. The lowest BCUT2D eigenvalue weighted by atomic mass is 9.98. The number of rotatable bonds is 11. The maximum absolute atomic E-state index is 13.4. The number of furan rings is 1. The Balaban J connectivity index is 1.78. The molecule has 0 saturated carbocycles. The first-order chi connectivity index (χ1) is 15.7. The summed E-state index contributed by atoms with van der Waals surface area (Å²) in [7, 11) is 0. The van der Waals surface area contributed by atoms with Crippen molar-refractivity contribution in [2.75, 3.05) is 13.2 Å². The van der Waals surface area contributed by atoms with Crippen molar-refractivity contribution in [3.8, 4) is 5.75 Å². The summed E-state index contributed by atoms with van der Waals surface area (Å²) >= 11 is 0. The quantitative estimate of drug-likeness (QED) is 0.164. The summed E-state index contributed by atoms with van der Waals surface area (Å²) in [5.41, 5.74) is 1.39. The van der Waals surface area contributed by atoms with Crippen LogP contribution in [0, 0.1) is 10.1 Å². The Bertz CT molecular complexity index is 1110. The number of nitrogens with zero attached hydrogens (tertiary/aromatic N) is 1. The fourth-order valence-corrected chi connectivity index (χ4v) is 3.58. The highest BCUT2D eigenvalue weighted by Crippen LogP contribution is 2.32. The van der Waals surface area contributed by atoms with Gasteiger partial charge in [-0.15, -0.1) is 0 Å². The normalized spacial score (nSPS) is 11.6. The van der Waals surface area contributed by atoms with Gasteiger partial charge in [-0.2, -0.15) is 0 Å². The monoisotopic (exact) mass is 452 g/mol. The number of benzene rings is 2. The van der Waals surface area contributed by atoms with E-state index in [2.05, 4.69) is 33.0 Å². The highest BCUT2D eigenvalue weighted by molar-refractivity contribution is 6.17. The molecule has 0 bridgehead atoms. The molecule has 0 radical (unpaired) electrons. The number of hydrogen-bond acceptors (Lipinski definition) is 6. The first-order valence-corrected chi connectivity index (χ1v) is 11.4. The van der Waals surface area contributed by atoms with Crippen LogP contribution in [0.2, 0.25) is 0 Å². The number of carbonyl (C=O) groups excluding carboxylic acids is 1. The molecule has 0 fully saturated rings. The molecule has 176 valence electrons. The van der Waals surface area contributed by atoms with Gasteiger partial charge < -0.3 is 14.5 Å². The van der Waals surface area contributed by atoms with Gasteiger partial charge in [0, 0.05) is 35.0 Å². The van der Waals surface area contributed by atoms with Crippen molar-refractivity contribution >= 4 is 22.4 Å². The number of nitro benzene ring substituents is 1. The minimum Gasteiger partial charge on any atom is -0.494 e. The van der Waals surface area contributed by atoms with Gasteiger partial charge in [0.05, 0.1) is 17.1 Å². The lowest BCUT2D eigenvalue weighted by Crippen LogP contribution is -2.36. The number of hydrogen-bond donors (Lipinski definition) is 1. The molecule has 0 spiro atoms. The van der Waals surface area contributed by atoms with Gasteiger partial charge >= 0.3 is 0 Å². The Morgan fingerprint density at radius 1 is 1.12 bits per heavy atom. The van der Waals surface area contributed by atoms with Crippen LogP contribution in [0.15, 0.2) is 46.9 Å². The summed E-state index contributed by atoms with van der Waals surface area (Å²) in [6.07, 6.45) is 3.28. The van der Waals surface area contributed by atoms with E-state index in [1.54, 1.807) is 30.3 Å². The lowest BCUT2D eigenvalue weighted by molar-refractivity contribution is -0.384. The average Bonchev–Trinajstić information content (AvgIpc) is 3.14. The molecular weight excluding hydrogens is 420 g/mol. The van der Waals surface area contributed by atoms with E-state index in [4.69, 9.17) is 9.15 Å². The molecule has 0 aliphatic carbocycles. The fourth-order valence-electron chi connectivity index (χ4n) is 3.58. The van der Waals surface area contributed by atoms with Crippen LogP contribution < -0.4 is 10.1 Å². The van der Waals surface area contributed by atoms with Crippen LogP contribution in [0.4, 0.5) is 5.69 Å². The maximum atomic E-state index is 13.4. The van der Waals surface area contributed by atoms with Gasteiger partial charge in [-0.1, -0.05) is 13.3 Å². The molecule has 2 aromatic carbocycles. The summed E-state index contributed by atoms with van der Waals surface area (Å²) in [5, 5.41) is 15.2. The van der Waals surface area contributed by atoms with Crippen LogP contribution in [0.3, 0.4) is 0 Å². The SMILES string of the molecule is CCCCc1oc2ccc([N+](=O)[O-])cc2c1C(=O)c1ccc(OCCCNC(C)(C)C)cc1. The van der Waals surface area contributed by atoms with E-state index in [0.29, 0.717) is 46.6 Å². The van der Waals surface area contributed by atoms with E-state index in [-0.39, 0.29) is 17.0 Å². The van der Waals surface area contributed by atoms with E-state index in [1.807, 2.05) is 0 Å². The second kappa shape index (κ2) is 10.6. The number of carbonyl (C=O) groups is 1. The first kappa shape index (κ1) is 24.5. The molecule has 1 N–H and O–H groups in total. The molecule has 33 heavy (non-hydrogen) atoms. The Morgan fingerprint density at radius 2 is 1.85 bits per heavy atom. The minimum absolute atomic E-state index is 0.0657. The topological polar surface area (TPSA) is 94.6 Å². The standard InChI is InChI=1S/C26H32N2O5/c1-5-6-8-23-24(21-17-19(28(30)31)11-14-22(21)33-23)25(29)18-9-12-20(13-10-18)32-16-7-15-27-26(2,3)4/h9-14,17,27H,5-8,15-16H2,1-4H3. The van der Waals surface area contributed by atoms with E-state index in [1.165, 1.54) is 12.1 Å². The van der Waals surface area contributed by atoms with Gasteiger partial charge in [-0.3, -0.25) is 14.9 Å². The van der Waals surface area contributed by atoms with Crippen molar-refractivity contribution in [2.45, 2.75) is 58.9 Å². The number of non-ortho nitro benzene ring substituents is 1. The maximum Gasteiger partial charge on any atom is 0.270 e. The third-order valence-corrected chi connectivity index (χ3v) is 5.30. The lowest BCUT2D eigenvalue weighted by Gasteiger charge is -2.20. The Morgan fingerprint density at radius 3 is 2.48 bits per heavy atom.